The van der Waals surface area contributed by atoms with E-state index in [0.717, 1.165) is 18.2 Å². The van der Waals surface area contributed by atoms with E-state index in [4.69, 9.17) is 19.5 Å². The molecule has 2 aliphatic rings. The fourth-order valence-corrected chi connectivity index (χ4v) is 4.22. The molecule has 3 aromatic rings. The molecule has 13 heteroatoms. The third-order valence-electron chi connectivity index (χ3n) is 5.92. The summed E-state index contributed by atoms with van der Waals surface area (Å²) in [6, 6.07) is 7.27. The third kappa shape index (κ3) is 4.79. The fraction of sp³-hybridized carbons (Fsp3) is 0.292. The number of nitrogens with zero attached hydrogens (tertiary/aromatic N) is 4. The zero-order valence-corrected chi connectivity index (χ0v) is 18.9. The lowest BCUT2D eigenvalue weighted by Gasteiger charge is -2.30. The van der Waals surface area contributed by atoms with Gasteiger partial charge in [-0.15, -0.1) is 0 Å². The summed E-state index contributed by atoms with van der Waals surface area (Å²) in [6.45, 7) is 1.03. The molecule has 0 aliphatic carbocycles. The predicted molar refractivity (Wildman–Crippen MR) is 117 cm³/mol. The Kier molecular flexibility index (Phi) is 6.20. The topological polar surface area (TPSA) is 89.6 Å². The summed E-state index contributed by atoms with van der Waals surface area (Å²) in [7, 11) is 0. The van der Waals surface area contributed by atoms with Crippen molar-refractivity contribution in [2.45, 2.75) is 25.4 Å². The van der Waals surface area contributed by atoms with Gasteiger partial charge in [-0.1, -0.05) is 6.07 Å². The highest BCUT2D eigenvalue weighted by Crippen LogP contribution is 2.35. The second-order valence-corrected chi connectivity index (χ2v) is 8.38. The summed E-state index contributed by atoms with van der Waals surface area (Å²) in [4.78, 5) is 17.8. The molecular weight excluding hydrogens is 503 g/mol. The van der Waals surface area contributed by atoms with Gasteiger partial charge in [-0.05, 0) is 35.9 Å². The summed E-state index contributed by atoms with van der Waals surface area (Å²) in [6.07, 6.45) is -4.73. The highest BCUT2D eigenvalue weighted by Gasteiger charge is 2.37. The first-order valence-corrected chi connectivity index (χ1v) is 11.0. The molecule has 0 N–H and O–H groups in total. The van der Waals surface area contributed by atoms with Gasteiger partial charge in [0.05, 0.1) is 43.0 Å². The minimum Gasteiger partial charge on any atom is -0.471 e. The number of fused-ring (bicyclic) bond motifs is 3. The first kappa shape index (κ1) is 24.5. The van der Waals surface area contributed by atoms with Gasteiger partial charge < -0.3 is 19.1 Å². The molecule has 0 radical (unpaired) electrons. The second kappa shape index (κ2) is 9.36. The molecule has 1 aromatic heterocycles. The van der Waals surface area contributed by atoms with E-state index in [1.165, 1.54) is 10.6 Å². The van der Waals surface area contributed by atoms with E-state index in [1.807, 2.05) is 0 Å². The van der Waals surface area contributed by atoms with Gasteiger partial charge >= 0.3 is 11.9 Å². The van der Waals surface area contributed by atoms with Crippen LogP contribution in [0.15, 0.2) is 41.2 Å². The molecule has 37 heavy (non-hydrogen) atoms. The molecule has 0 bridgehead atoms. The van der Waals surface area contributed by atoms with Crippen molar-refractivity contribution < 1.29 is 36.2 Å². The van der Waals surface area contributed by atoms with Gasteiger partial charge in [0, 0.05) is 6.54 Å². The summed E-state index contributed by atoms with van der Waals surface area (Å²) < 4.78 is 86.3. The maximum Gasteiger partial charge on any atom is 0.416 e. The number of aromatic nitrogens is 2. The van der Waals surface area contributed by atoms with Gasteiger partial charge in [-0.2, -0.15) is 27.8 Å². The Balaban J connectivity index is 1.33. The number of rotatable bonds is 5. The van der Waals surface area contributed by atoms with Crippen molar-refractivity contribution >= 4 is 5.82 Å². The number of nitriles is 1. The molecule has 192 valence electrons. The number of morpholine rings is 1. The average molecular weight is 520 g/mol. The highest BCUT2D eigenvalue weighted by atomic mass is 19.4. The number of benzene rings is 2. The van der Waals surface area contributed by atoms with E-state index in [1.54, 1.807) is 11.0 Å². The Hall–Kier alpha value is -4.18. The summed E-state index contributed by atoms with van der Waals surface area (Å²) in [5.41, 5.74) is -1.89. The maximum absolute atomic E-state index is 15.2. The van der Waals surface area contributed by atoms with Gasteiger partial charge in [0.1, 0.15) is 12.4 Å². The molecule has 0 spiro atoms. The number of hydrogen-bond donors (Lipinski definition) is 0. The number of ether oxygens (including phenoxy) is 3. The molecule has 1 saturated heterocycles. The van der Waals surface area contributed by atoms with Crippen molar-refractivity contribution in [3.05, 3.63) is 75.2 Å². The van der Waals surface area contributed by atoms with Gasteiger partial charge in [0.2, 0.25) is 5.82 Å². The fourth-order valence-electron chi connectivity index (χ4n) is 4.22. The number of alkyl halides is 3. The molecular formula is C24H17F5N4O4. The second-order valence-electron chi connectivity index (χ2n) is 8.38. The van der Waals surface area contributed by atoms with Crippen molar-refractivity contribution in [2.24, 2.45) is 0 Å². The molecule has 1 fully saturated rings. The van der Waals surface area contributed by atoms with Crippen LogP contribution in [-0.2, 0) is 24.1 Å². The standard InChI is InChI=1S/C24H17F5N4O4/c25-18-7-13(1-2-19(18)37-17-6-14(9-30)5-15(8-17)24(27,28)29)11-36-21-20(26)22-32-3-4-35-12-16(32)10-33(22)23(34)31-21/h1-2,5-8,16H,3-4,10-12H2. The molecule has 1 atom stereocenters. The Labute approximate surface area is 206 Å². The van der Waals surface area contributed by atoms with Crippen LogP contribution >= 0.6 is 0 Å². The van der Waals surface area contributed by atoms with Crippen LogP contribution in [0.3, 0.4) is 0 Å². The van der Waals surface area contributed by atoms with Gasteiger partial charge in [0.15, 0.2) is 17.4 Å². The average Bonchev–Trinajstić information content (AvgIpc) is 3.27. The SMILES string of the molecule is N#Cc1cc(Oc2ccc(COc3nc(=O)n4c(c3F)N3CCOCC3C4)cc2F)cc(C(F)(F)F)c1. The van der Waals surface area contributed by atoms with Crippen LogP contribution in [-0.4, -0.2) is 35.4 Å². The summed E-state index contributed by atoms with van der Waals surface area (Å²) in [5.74, 6) is -2.99. The predicted octanol–water partition coefficient (Wildman–Crippen LogP) is 4.00. The van der Waals surface area contributed by atoms with Gasteiger partial charge in [0.25, 0.3) is 5.88 Å². The highest BCUT2D eigenvalue weighted by molar-refractivity contribution is 5.49. The summed E-state index contributed by atoms with van der Waals surface area (Å²) >= 11 is 0. The van der Waals surface area contributed by atoms with E-state index in [2.05, 4.69) is 4.98 Å². The van der Waals surface area contributed by atoms with E-state index in [9.17, 15) is 22.4 Å². The van der Waals surface area contributed by atoms with Crippen LogP contribution in [0, 0.1) is 23.0 Å². The molecule has 0 amide bonds. The van der Waals surface area contributed by atoms with Crippen LogP contribution in [0.2, 0.25) is 0 Å². The van der Waals surface area contributed by atoms with Crippen molar-refractivity contribution in [1.82, 2.24) is 9.55 Å². The Bertz CT molecular complexity index is 1470. The van der Waals surface area contributed by atoms with Crippen molar-refractivity contribution in [2.75, 3.05) is 24.7 Å². The van der Waals surface area contributed by atoms with Crippen LogP contribution < -0.4 is 20.1 Å². The Morgan fingerprint density at radius 3 is 2.73 bits per heavy atom. The van der Waals surface area contributed by atoms with E-state index in [-0.39, 0.29) is 41.9 Å². The minimum atomic E-state index is -4.73. The minimum absolute atomic E-state index is 0.0658. The lowest BCUT2D eigenvalue weighted by atomic mass is 10.1. The Morgan fingerprint density at radius 1 is 1.19 bits per heavy atom. The molecule has 8 nitrogen and oxygen atoms in total. The third-order valence-corrected chi connectivity index (χ3v) is 5.92. The normalized spacial score (nSPS) is 16.6. The Morgan fingerprint density at radius 2 is 2.00 bits per heavy atom. The van der Waals surface area contributed by atoms with Crippen LogP contribution in [0.25, 0.3) is 0 Å². The quantitative estimate of drug-likeness (QED) is 0.470. The molecule has 2 aliphatic heterocycles. The molecule has 0 saturated carbocycles. The van der Waals surface area contributed by atoms with E-state index < -0.39 is 40.7 Å². The van der Waals surface area contributed by atoms with E-state index in [0.29, 0.717) is 31.9 Å². The zero-order chi connectivity index (χ0) is 26.3. The molecule has 1 unspecified atom stereocenters. The summed E-state index contributed by atoms with van der Waals surface area (Å²) in [5, 5.41) is 8.99. The van der Waals surface area contributed by atoms with Crippen molar-refractivity contribution in [3.63, 3.8) is 0 Å². The number of halogens is 5. The van der Waals surface area contributed by atoms with Crippen LogP contribution in [0.4, 0.5) is 27.8 Å². The van der Waals surface area contributed by atoms with Crippen LogP contribution in [0.5, 0.6) is 17.4 Å². The van der Waals surface area contributed by atoms with Crippen molar-refractivity contribution in [3.8, 4) is 23.4 Å². The number of hydrogen-bond acceptors (Lipinski definition) is 7. The largest absolute Gasteiger partial charge is 0.471 e. The monoisotopic (exact) mass is 520 g/mol. The van der Waals surface area contributed by atoms with Gasteiger partial charge in [-0.25, -0.2) is 9.18 Å². The zero-order valence-electron chi connectivity index (χ0n) is 18.9. The van der Waals surface area contributed by atoms with Crippen LogP contribution in [0.1, 0.15) is 16.7 Å². The first-order chi connectivity index (χ1) is 17.6. The first-order valence-electron chi connectivity index (χ1n) is 11.0. The van der Waals surface area contributed by atoms with Crippen molar-refractivity contribution in [1.29, 1.82) is 5.26 Å². The van der Waals surface area contributed by atoms with E-state index >= 15 is 4.39 Å². The molecule has 3 heterocycles. The maximum atomic E-state index is 15.2. The number of anilines is 1. The van der Waals surface area contributed by atoms with Gasteiger partial charge in [-0.3, -0.25) is 4.57 Å². The smallest absolute Gasteiger partial charge is 0.416 e. The lowest BCUT2D eigenvalue weighted by molar-refractivity contribution is -0.137. The molecule has 2 aromatic carbocycles. The lowest BCUT2D eigenvalue weighted by Crippen LogP contribution is -2.43. The molecule has 5 rings (SSSR count).